The molecule has 5 nitrogen and oxygen atoms in total. The number of likely N-dealkylation sites (tertiary alicyclic amines) is 1. The van der Waals surface area contributed by atoms with E-state index in [1.54, 1.807) is 7.11 Å². The molecule has 0 saturated carbocycles. The average Bonchev–Trinajstić information content (AvgIpc) is 2.94. The van der Waals surface area contributed by atoms with Gasteiger partial charge in [-0.25, -0.2) is 0 Å². The van der Waals surface area contributed by atoms with Crippen LogP contribution in [0.1, 0.15) is 32.6 Å². The molecule has 0 spiro atoms. The highest BCUT2D eigenvalue weighted by molar-refractivity contribution is 5.81. The molecule has 0 aliphatic carbocycles. The first kappa shape index (κ1) is 14.8. The number of methoxy groups -OCH3 is 1. The number of piperidine rings is 1. The maximum absolute atomic E-state index is 12.3. The Hall–Kier alpha value is -0.650. The van der Waals surface area contributed by atoms with Gasteiger partial charge in [-0.15, -0.1) is 0 Å². The highest BCUT2D eigenvalue weighted by Crippen LogP contribution is 2.21. The van der Waals surface area contributed by atoms with Gasteiger partial charge in [0.15, 0.2) is 0 Å². The van der Waals surface area contributed by atoms with Gasteiger partial charge in [0, 0.05) is 39.8 Å². The summed E-state index contributed by atoms with van der Waals surface area (Å²) in [6.07, 6.45) is 4.40. The van der Waals surface area contributed by atoms with Crippen LogP contribution in [0.3, 0.4) is 0 Å². The Labute approximate surface area is 115 Å². The number of carbonyl (C=O) groups is 1. The predicted molar refractivity (Wildman–Crippen MR) is 73.1 cm³/mol. The largest absolute Gasteiger partial charge is 0.378 e. The second-order valence-electron chi connectivity index (χ2n) is 5.68. The van der Waals surface area contributed by atoms with Crippen molar-refractivity contribution in [3.8, 4) is 0 Å². The van der Waals surface area contributed by atoms with Crippen molar-refractivity contribution in [2.24, 2.45) is 0 Å². The number of hydrogen-bond donors (Lipinski definition) is 1. The second-order valence-corrected chi connectivity index (χ2v) is 5.68. The van der Waals surface area contributed by atoms with Crippen LogP contribution in [0.4, 0.5) is 0 Å². The van der Waals surface area contributed by atoms with E-state index >= 15 is 0 Å². The van der Waals surface area contributed by atoms with Crippen LogP contribution >= 0.6 is 0 Å². The first-order chi connectivity index (χ1) is 9.17. The van der Waals surface area contributed by atoms with E-state index in [4.69, 9.17) is 9.47 Å². The summed E-state index contributed by atoms with van der Waals surface area (Å²) in [5.41, 5.74) is -0.254. The van der Waals surface area contributed by atoms with E-state index in [-0.39, 0.29) is 17.6 Å². The molecular formula is C14H26N2O3. The minimum Gasteiger partial charge on any atom is -0.378 e. The molecule has 1 N–H and O–H groups in total. The van der Waals surface area contributed by atoms with Crippen LogP contribution < -0.4 is 5.32 Å². The summed E-state index contributed by atoms with van der Waals surface area (Å²) in [7, 11) is 1.72. The van der Waals surface area contributed by atoms with Crippen LogP contribution in [-0.2, 0) is 14.3 Å². The molecule has 0 aromatic heterocycles. The monoisotopic (exact) mass is 270 g/mol. The fourth-order valence-corrected chi connectivity index (χ4v) is 2.78. The number of nitrogens with zero attached hydrogens (tertiary/aromatic N) is 1. The quantitative estimate of drug-likeness (QED) is 0.802. The van der Waals surface area contributed by atoms with Gasteiger partial charge in [-0.1, -0.05) is 0 Å². The lowest BCUT2D eigenvalue weighted by molar-refractivity contribution is -0.134. The lowest BCUT2D eigenvalue weighted by Crippen LogP contribution is -2.52. The van der Waals surface area contributed by atoms with Crippen LogP contribution in [0.5, 0.6) is 0 Å². The Morgan fingerprint density at radius 3 is 2.74 bits per heavy atom. The molecule has 0 aromatic rings. The van der Waals surface area contributed by atoms with Gasteiger partial charge in [0.05, 0.1) is 12.6 Å². The van der Waals surface area contributed by atoms with Gasteiger partial charge >= 0.3 is 0 Å². The normalized spacial score (nSPS) is 29.5. The number of nitrogens with one attached hydrogen (secondary N) is 1. The minimum atomic E-state index is -0.254. The zero-order valence-electron chi connectivity index (χ0n) is 12.1. The van der Waals surface area contributed by atoms with E-state index in [0.29, 0.717) is 13.2 Å². The lowest BCUT2D eigenvalue weighted by Gasteiger charge is -2.32. The molecule has 2 fully saturated rings. The predicted octanol–water partition coefficient (Wildman–Crippen LogP) is 0.783. The summed E-state index contributed by atoms with van der Waals surface area (Å²) in [6.45, 7) is 5.78. The molecule has 19 heavy (non-hydrogen) atoms. The van der Waals surface area contributed by atoms with Crippen LogP contribution in [0.25, 0.3) is 0 Å². The third-order valence-electron chi connectivity index (χ3n) is 4.27. The molecule has 0 bridgehead atoms. The topological polar surface area (TPSA) is 50.8 Å². The third kappa shape index (κ3) is 3.68. The standard InChI is InChI=1S/C14H26N2O3/c1-12(13(17)16-7-4-3-5-8-16)15-10-14(18-2)6-9-19-11-14/h12,15H,3-11H2,1-2H3. The summed E-state index contributed by atoms with van der Waals surface area (Å²) in [5.74, 6) is 0.213. The van der Waals surface area contributed by atoms with Crippen LogP contribution in [0, 0.1) is 0 Å². The van der Waals surface area contributed by atoms with Gasteiger partial charge in [-0.3, -0.25) is 4.79 Å². The van der Waals surface area contributed by atoms with Crippen molar-refractivity contribution in [2.45, 2.75) is 44.2 Å². The zero-order valence-corrected chi connectivity index (χ0v) is 12.1. The molecule has 2 aliphatic rings. The molecular weight excluding hydrogens is 244 g/mol. The van der Waals surface area contributed by atoms with Crippen molar-refractivity contribution >= 4 is 5.91 Å². The van der Waals surface area contributed by atoms with Gasteiger partial charge in [0.25, 0.3) is 0 Å². The average molecular weight is 270 g/mol. The number of rotatable bonds is 5. The van der Waals surface area contributed by atoms with Crippen molar-refractivity contribution in [3.05, 3.63) is 0 Å². The molecule has 5 heteroatoms. The van der Waals surface area contributed by atoms with Gasteiger partial charge in [-0.05, 0) is 26.2 Å². The Kier molecular flexibility index (Phi) is 5.19. The van der Waals surface area contributed by atoms with Gasteiger partial charge in [0.1, 0.15) is 5.60 Å². The van der Waals surface area contributed by atoms with Gasteiger partial charge in [0.2, 0.25) is 5.91 Å². The fraction of sp³-hybridized carbons (Fsp3) is 0.929. The van der Waals surface area contributed by atoms with Crippen molar-refractivity contribution in [1.29, 1.82) is 0 Å². The van der Waals surface area contributed by atoms with Crippen LogP contribution in [0.2, 0.25) is 0 Å². The molecule has 2 heterocycles. The highest BCUT2D eigenvalue weighted by Gasteiger charge is 2.35. The van der Waals surface area contributed by atoms with Crippen molar-refractivity contribution in [1.82, 2.24) is 10.2 Å². The number of carbonyl (C=O) groups excluding carboxylic acids is 1. The molecule has 0 radical (unpaired) electrons. The van der Waals surface area contributed by atoms with E-state index < -0.39 is 0 Å². The van der Waals surface area contributed by atoms with E-state index in [1.165, 1.54) is 6.42 Å². The third-order valence-corrected chi connectivity index (χ3v) is 4.27. The van der Waals surface area contributed by atoms with Crippen LogP contribution in [-0.4, -0.2) is 62.4 Å². The molecule has 2 unspecified atom stereocenters. The van der Waals surface area contributed by atoms with E-state index in [1.807, 2.05) is 11.8 Å². The summed E-state index contributed by atoms with van der Waals surface area (Å²) in [4.78, 5) is 14.3. The first-order valence-corrected chi connectivity index (χ1v) is 7.32. The van der Waals surface area contributed by atoms with Gasteiger partial charge in [-0.2, -0.15) is 0 Å². The number of ether oxygens (including phenoxy) is 2. The van der Waals surface area contributed by atoms with Crippen molar-refractivity contribution < 1.29 is 14.3 Å². The van der Waals surface area contributed by atoms with Crippen LogP contribution in [0.15, 0.2) is 0 Å². The Morgan fingerprint density at radius 2 is 2.16 bits per heavy atom. The Balaban J connectivity index is 1.79. The summed E-state index contributed by atoms with van der Waals surface area (Å²) in [5, 5.41) is 3.32. The SMILES string of the molecule is COC1(CNC(C)C(=O)N2CCCCC2)CCOC1. The molecule has 2 rings (SSSR count). The molecule has 110 valence electrons. The van der Waals surface area contributed by atoms with Crippen molar-refractivity contribution in [2.75, 3.05) is 40.0 Å². The summed E-state index contributed by atoms with van der Waals surface area (Å²) < 4.78 is 11.0. The number of hydrogen-bond acceptors (Lipinski definition) is 4. The van der Waals surface area contributed by atoms with E-state index in [0.717, 1.165) is 39.0 Å². The lowest BCUT2D eigenvalue weighted by atomic mass is 10.0. The minimum absolute atomic E-state index is 0.147. The smallest absolute Gasteiger partial charge is 0.239 e. The zero-order chi connectivity index (χ0) is 13.7. The summed E-state index contributed by atoms with van der Waals surface area (Å²) in [6, 6.07) is -0.147. The Bertz CT molecular complexity index is 297. The maximum Gasteiger partial charge on any atom is 0.239 e. The Morgan fingerprint density at radius 1 is 1.42 bits per heavy atom. The van der Waals surface area contributed by atoms with Crippen molar-refractivity contribution in [3.63, 3.8) is 0 Å². The first-order valence-electron chi connectivity index (χ1n) is 7.32. The molecule has 2 saturated heterocycles. The number of amides is 1. The van der Waals surface area contributed by atoms with E-state index in [2.05, 4.69) is 5.32 Å². The molecule has 2 aliphatic heterocycles. The molecule has 1 amide bonds. The van der Waals surface area contributed by atoms with Gasteiger partial charge < -0.3 is 19.7 Å². The molecule has 0 aromatic carbocycles. The molecule has 2 atom stereocenters. The summed E-state index contributed by atoms with van der Waals surface area (Å²) >= 11 is 0. The highest BCUT2D eigenvalue weighted by atomic mass is 16.5. The maximum atomic E-state index is 12.3. The fourth-order valence-electron chi connectivity index (χ4n) is 2.78. The second kappa shape index (κ2) is 6.68. The van der Waals surface area contributed by atoms with E-state index in [9.17, 15) is 4.79 Å².